The minimum atomic E-state index is -3.94. The average molecular weight is 1230 g/mol. The summed E-state index contributed by atoms with van der Waals surface area (Å²) >= 11 is 0. The molecule has 0 fully saturated rings. The zero-order chi connectivity index (χ0) is 62.4. The molecule has 3 N–H and O–H groups in total. The summed E-state index contributed by atoms with van der Waals surface area (Å²) in [6.07, 6.45) is 2.50. The number of nitrogens with two attached hydrogens (primary N) is 1. The molecule has 4 unspecified atom stereocenters. The van der Waals surface area contributed by atoms with Crippen LogP contribution in [-0.2, 0) is 46.1 Å². The van der Waals surface area contributed by atoms with Crippen molar-refractivity contribution in [3.05, 3.63) is 235 Å². The van der Waals surface area contributed by atoms with E-state index >= 15 is 0 Å². The van der Waals surface area contributed by atoms with E-state index in [0.29, 0.717) is 71.6 Å². The highest BCUT2D eigenvalue weighted by Crippen LogP contribution is 2.45. The Labute approximate surface area is 512 Å². The predicted octanol–water partition coefficient (Wildman–Crippen LogP) is 16.7. The number of hydrogen-bond acceptors (Lipinski definition) is 13. The molecule has 87 heavy (non-hydrogen) atoms. The summed E-state index contributed by atoms with van der Waals surface area (Å²) in [5.74, 6) is 3.76. The van der Waals surface area contributed by atoms with E-state index in [1.807, 2.05) is 83.3 Å². The van der Waals surface area contributed by atoms with Gasteiger partial charge in [-0.3, -0.25) is 0 Å². The summed E-state index contributed by atoms with van der Waals surface area (Å²) < 4.78 is 115. The van der Waals surface area contributed by atoms with Crippen molar-refractivity contribution in [3.63, 3.8) is 0 Å². The molecule has 0 bridgehead atoms. The average Bonchev–Trinajstić information content (AvgIpc) is 1.41. The molecule has 0 amide bonds. The molecule has 9 aromatic rings. The van der Waals surface area contributed by atoms with Gasteiger partial charge in [0.25, 0.3) is 0 Å². The van der Waals surface area contributed by atoms with Gasteiger partial charge in [0.15, 0.2) is 0 Å². The highest BCUT2D eigenvalue weighted by Gasteiger charge is 2.46. The van der Waals surface area contributed by atoms with E-state index in [2.05, 4.69) is 33.0 Å². The van der Waals surface area contributed by atoms with Crippen molar-refractivity contribution >= 4 is 40.9 Å². The minimum absolute atomic E-state index is 0.101. The molecule has 13 nitrogen and oxygen atoms in total. The van der Waals surface area contributed by atoms with Crippen molar-refractivity contribution < 1.29 is 48.9 Å². The zero-order valence-electron chi connectivity index (χ0n) is 50.4. The molecule has 9 aromatic carbocycles. The molecule has 0 aliphatic rings. The van der Waals surface area contributed by atoms with E-state index in [1.165, 1.54) is 36.4 Å². The third kappa shape index (κ3) is 13.4. The van der Waals surface area contributed by atoms with E-state index in [0.717, 1.165) is 22.4 Å². The number of hydrogen-bond donors (Lipinski definition) is 2. The van der Waals surface area contributed by atoms with E-state index in [9.17, 15) is 25.3 Å². The monoisotopic (exact) mass is 1230 g/mol. The van der Waals surface area contributed by atoms with Crippen molar-refractivity contribution in [1.29, 1.82) is 0 Å². The number of benzene rings is 9. The van der Waals surface area contributed by atoms with Crippen LogP contribution in [0.25, 0.3) is 0 Å². The third-order valence-corrected chi connectivity index (χ3v) is 22.3. The normalized spacial score (nSPS) is 14.7. The third-order valence-electron chi connectivity index (χ3n) is 17.0. The molecule has 0 aliphatic heterocycles. The fourth-order valence-electron chi connectivity index (χ4n) is 10.5. The lowest BCUT2D eigenvalue weighted by Gasteiger charge is -2.46. The van der Waals surface area contributed by atoms with Crippen molar-refractivity contribution in [3.8, 4) is 40.2 Å². The van der Waals surface area contributed by atoms with E-state index < -0.39 is 51.7 Å². The molecule has 4 atom stereocenters. The second-order valence-electron chi connectivity index (χ2n) is 22.3. The van der Waals surface area contributed by atoms with Gasteiger partial charge in [-0.2, -0.15) is 0 Å². The maximum absolute atomic E-state index is 14.1. The van der Waals surface area contributed by atoms with Crippen LogP contribution in [0.15, 0.2) is 248 Å². The first kappa shape index (κ1) is 62.9. The molecule has 0 saturated heterocycles. The van der Waals surface area contributed by atoms with Crippen LogP contribution in [0.1, 0.15) is 97.8 Å². The smallest absolute Gasteiger partial charge is 0.206 e. The molecule has 0 spiro atoms. The largest absolute Gasteiger partial charge is 0.487 e. The fraction of sp³-hybridized carbons (Fsp3) is 0.239. The minimum Gasteiger partial charge on any atom is -0.487 e. The number of nitrogens with one attached hydrogen (secondary N) is 1. The second kappa shape index (κ2) is 25.4. The van der Waals surface area contributed by atoms with Crippen LogP contribution in [0.2, 0.25) is 0 Å². The summed E-state index contributed by atoms with van der Waals surface area (Å²) in [5, 5.41) is 3.13. The maximum Gasteiger partial charge on any atom is 0.206 e. The predicted molar refractivity (Wildman–Crippen MR) is 342 cm³/mol. The van der Waals surface area contributed by atoms with Gasteiger partial charge in [0.1, 0.15) is 57.0 Å². The maximum atomic E-state index is 14.1. The summed E-state index contributed by atoms with van der Waals surface area (Å²) in [4.78, 5) is 0.774. The van der Waals surface area contributed by atoms with Gasteiger partial charge in [0.2, 0.25) is 29.5 Å². The van der Waals surface area contributed by atoms with E-state index in [-0.39, 0.29) is 29.4 Å². The van der Waals surface area contributed by atoms with Gasteiger partial charge in [-0.1, -0.05) is 83.1 Å². The highest BCUT2D eigenvalue weighted by molar-refractivity contribution is 7.92. The van der Waals surface area contributed by atoms with Crippen molar-refractivity contribution in [2.24, 2.45) is 0 Å². The molecule has 9 rings (SSSR count). The van der Waals surface area contributed by atoms with Crippen LogP contribution in [0, 0.1) is 0 Å². The second-order valence-corrected chi connectivity index (χ2v) is 28.1. The van der Waals surface area contributed by atoms with Gasteiger partial charge in [-0.05, 0) is 221 Å². The molecular weight excluding hydrogens is 1150 g/mol. The van der Waals surface area contributed by atoms with Crippen molar-refractivity contribution in [2.45, 2.75) is 133 Å². The van der Waals surface area contributed by atoms with Gasteiger partial charge < -0.3 is 34.7 Å². The lowest BCUT2D eigenvalue weighted by Crippen LogP contribution is -2.51. The number of anilines is 2. The van der Waals surface area contributed by atoms with E-state index in [4.69, 9.17) is 29.4 Å². The fourth-order valence-corrected chi connectivity index (χ4v) is 14.3. The first-order chi connectivity index (χ1) is 41.4. The van der Waals surface area contributed by atoms with Crippen LogP contribution >= 0.6 is 0 Å². The van der Waals surface area contributed by atoms with Gasteiger partial charge in [-0.25, -0.2) is 25.3 Å². The summed E-state index contributed by atoms with van der Waals surface area (Å²) in [5.41, 5.74) is 6.99. The number of sulfone groups is 3. The van der Waals surface area contributed by atoms with Gasteiger partial charge in [-0.15, -0.1) is 0 Å². The Morgan fingerprint density at radius 3 is 1.08 bits per heavy atom. The SMILES string of the molecule is CCC(C)(Oc1ccc(S(=O)(=O)c2ccc(C(C)(CC)C(C)(CC)Oc3ccc(Oc4ccc(S(=O)(=O)c5ccc(C(C)(CC)Oc6cccc(NC)c6)cc5)cc4)cc3)cc2)cc1)c1ccc(S(=O)(=O)c2ccc(Oc3cccc(N)c3)cc2)cc1. The van der Waals surface area contributed by atoms with E-state index in [1.54, 1.807) is 133 Å². The van der Waals surface area contributed by atoms with Crippen LogP contribution in [-0.4, -0.2) is 37.9 Å². The topological polar surface area (TPSA) is 187 Å². The Balaban J connectivity index is 0.808. The Bertz CT molecular complexity index is 4190. The van der Waals surface area contributed by atoms with Gasteiger partial charge in [0.05, 0.1) is 29.4 Å². The zero-order valence-corrected chi connectivity index (χ0v) is 52.9. The molecule has 0 saturated carbocycles. The number of rotatable bonds is 25. The molecule has 452 valence electrons. The Kier molecular flexibility index (Phi) is 18.4. The molecule has 0 aromatic heterocycles. The van der Waals surface area contributed by atoms with Crippen LogP contribution < -0.4 is 34.7 Å². The molecule has 0 aliphatic carbocycles. The van der Waals surface area contributed by atoms with Gasteiger partial charge >= 0.3 is 0 Å². The van der Waals surface area contributed by atoms with Crippen LogP contribution in [0.4, 0.5) is 11.4 Å². The van der Waals surface area contributed by atoms with Crippen molar-refractivity contribution in [2.75, 3.05) is 18.1 Å². The standard InChI is InChI=1S/C71H74N2O11S3/c1-10-68(5,71(8,13-4)84-59-28-26-55(27-29-59)80-56-30-42-65(43-31-56)86(76,77)64-40-24-52(25-41-64)70(7,12-3)83-61-19-15-17-54(49-61)73-9)50-20-36-62(37-21-50)85(74,75)67-46-34-58(35-47-67)82-69(6,11-2)51-22-38-63(39-23-51)87(78,79)66-44-32-57(33-45-66)81-60-18-14-16-53(72)48-60/h14-49,73H,10-13,72H2,1-9H3. The molecule has 0 radical (unpaired) electrons. The number of nitrogen functional groups attached to an aromatic ring is 1. The Morgan fingerprint density at radius 2 is 0.690 bits per heavy atom. The first-order valence-electron chi connectivity index (χ1n) is 28.9. The Hall–Kier alpha value is -8.57. The van der Waals surface area contributed by atoms with Crippen LogP contribution in [0.5, 0.6) is 40.2 Å². The first-order valence-corrected chi connectivity index (χ1v) is 33.4. The molecular formula is C71H74N2O11S3. The van der Waals surface area contributed by atoms with Crippen molar-refractivity contribution in [1.82, 2.24) is 0 Å². The highest BCUT2D eigenvalue weighted by atomic mass is 32.2. The van der Waals surface area contributed by atoms with Gasteiger partial charge in [0, 0.05) is 36.0 Å². The number of ether oxygens (including phenoxy) is 5. The lowest BCUT2D eigenvalue weighted by atomic mass is 9.66. The summed E-state index contributed by atoms with van der Waals surface area (Å²) in [6, 6.07) is 61.2. The molecule has 0 heterocycles. The van der Waals surface area contributed by atoms with Crippen LogP contribution in [0.3, 0.4) is 0 Å². The quantitative estimate of drug-likeness (QED) is 0.0515. The molecule has 16 heteroatoms. The summed E-state index contributed by atoms with van der Waals surface area (Å²) in [6.45, 7) is 16.2. The Morgan fingerprint density at radius 1 is 0.356 bits per heavy atom. The summed E-state index contributed by atoms with van der Waals surface area (Å²) in [7, 11) is -9.78. The lowest BCUT2D eigenvalue weighted by molar-refractivity contribution is 0.00298.